The number of fused-ring (bicyclic) bond motifs is 6. The lowest BCUT2D eigenvalue weighted by molar-refractivity contribution is 0.880. The second kappa shape index (κ2) is 10.8. The molecule has 214 valence electrons. The standard InChI is InChI=1S/C41H28N2S2/c1-2-8-27(9-3-1)28-14-16-29(17-15-28)30-18-20-31(21-19-30)43(32-22-23-38-35(26-32)33-10-4-6-12-36(33)44-38)40-25-24-39-41(42-40)34-11-5-7-13-37(34)45-39/h1-26,40,42H. The van der Waals surface area contributed by atoms with E-state index in [4.69, 9.17) is 0 Å². The van der Waals surface area contributed by atoms with Gasteiger partial charge in [0.05, 0.1) is 10.6 Å². The van der Waals surface area contributed by atoms with Gasteiger partial charge in [0, 0.05) is 41.6 Å². The Hall–Kier alpha value is -5.16. The van der Waals surface area contributed by atoms with Gasteiger partial charge < -0.3 is 10.2 Å². The van der Waals surface area contributed by atoms with Crippen molar-refractivity contribution in [2.75, 3.05) is 10.2 Å². The summed E-state index contributed by atoms with van der Waals surface area (Å²) >= 11 is 3.70. The van der Waals surface area contributed by atoms with Gasteiger partial charge in [0.2, 0.25) is 0 Å². The summed E-state index contributed by atoms with van der Waals surface area (Å²) in [5.41, 5.74) is 8.40. The van der Waals surface area contributed by atoms with Crippen molar-refractivity contribution in [3.63, 3.8) is 0 Å². The third kappa shape index (κ3) is 4.62. The smallest absolute Gasteiger partial charge is 0.123 e. The molecule has 45 heavy (non-hydrogen) atoms. The highest BCUT2D eigenvalue weighted by atomic mass is 32.1. The molecular formula is C41H28N2S2. The lowest BCUT2D eigenvalue weighted by atomic mass is 10.00. The van der Waals surface area contributed by atoms with Gasteiger partial charge in [-0.1, -0.05) is 103 Å². The van der Waals surface area contributed by atoms with Gasteiger partial charge >= 0.3 is 0 Å². The second-order valence-electron chi connectivity index (χ2n) is 11.4. The molecule has 3 heterocycles. The van der Waals surface area contributed by atoms with Crippen molar-refractivity contribution < 1.29 is 0 Å². The van der Waals surface area contributed by atoms with Crippen LogP contribution < -0.4 is 10.2 Å². The molecule has 0 radical (unpaired) electrons. The maximum Gasteiger partial charge on any atom is 0.123 e. The van der Waals surface area contributed by atoms with Gasteiger partial charge in [-0.25, -0.2) is 0 Å². The molecule has 2 nitrogen and oxygen atoms in total. The van der Waals surface area contributed by atoms with E-state index in [2.05, 4.69) is 168 Å². The molecule has 1 aliphatic rings. The third-order valence-electron chi connectivity index (χ3n) is 8.73. The molecular weight excluding hydrogens is 585 g/mol. The van der Waals surface area contributed by atoms with Crippen LogP contribution in [-0.4, -0.2) is 6.17 Å². The van der Waals surface area contributed by atoms with Crippen molar-refractivity contribution in [1.82, 2.24) is 0 Å². The van der Waals surface area contributed by atoms with Crippen molar-refractivity contribution in [1.29, 1.82) is 0 Å². The van der Waals surface area contributed by atoms with Gasteiger partial charge in [-0.2, -0.15) is 0 Å². The van der Waals surface area contributed by atoms with Gasteiger partial charge in [-0.3, -0.25) is 0 Å². The van der Waals surface area contributed by atoms with Crippen LogP contribution in [0.2, 0.25) is 0 Å². The van der Waals surface area contributed by atoms with Crippen molar-refractivity contribution in [2.24, 2.45) is 0 Å². The van der Waals surface area contributed by atoms with Crippen molar-refractivity contribution in [3.8, 4) is 22.3 Å². The predicted octanol–water partition coefficient (Wildman–Crippen LogP) is 12.2. The van der Waals surface area contributed by atoms with E-state index < -0.39 is 0 Å². The molecule has 0 saturated heterocycles. The summed E-state index contributed by atoms with van der Waals surface area (Å²) in [5, 5.41) is 7.81. The minimum Gasteiger partial charge on any atom is -0.360 e. The maximum atomic E-state index is 3.92. The number of nitrogens with one attached hydrogen (secondary N) is 1. The normalized spacial score (nSPS) is 14.1. The summed E-state index contributed by atoms with van der Waals surface area (Å²) in [4.78, 5) is 3.71. The molecule has 0 saturated carbocycles. The fraction of sp³-hybridized carbons (Fsp3) is 0.0244. The first-order chi connectivity index (χ1) is 22.3. The van der Waals surface area contributed by atoms with E-state index in [1.165, 1.54) is 63.1 Å². The van der Waals surface area contributed by atoms with E-state index in [1.807, 2.05) is 22.7 Å². The Balaban J connectivity index is 1.12. The maximum absolute atomic E-state index is 3.92. The van der Waals surface area contributed by atoms with Gasteiger partial charge in [-0.05, 0) is 76.9 Å². The van der Waals surface area contributed by atoms with Crippen LogP contribution in [0, 0.1) is 0 Å². The largest absolute Gasteiger partial charge is 0.360 e. The highest BCUT2D eigenvalue weighted by Crippen LogP contribution is 2.43. The van der Waals surface area contributed by atoms with Crippen LogP contribution in [0.1, 0.15) is 4.88 Å². The minimum absolute atomic E-state index is 0.0474. The molecule has 8 aromatic rings. The average molecular weight is 613 g/mol. The molecule has 1 unspecified atom stereocenters. The SMILES string of the molecule is C1=CC(N(c2ccc(-c3ccc(-c4ccccc4)cc3)cc2)c2ccc3sc4ccccc4c3c2)Nc2c1sc1ccccc21. The van der Waals surface area contributed by atoms with Crippen LogP contribution in [0.5, 0.6) is 0 Å². The number of thiophene rings is 2. The molecule has 9 rings (SSSR count). The lowest BCUT2D eigenvalue weighted by Crippen LogP contribution is -2.37. The van der Waals surface area contributed by atoms with Crippen molar-refractivity contribution in [2.45, 2.75) is 6.17 Å². The first kappa shape index (κ1) is 26.3. The minimum atomic E-state index is -0.0474. The third-order valence-corrected chi connectivity index (χ3v) is 11.0. The van der Waals surface area contributed by atoms with E-state index in [0.29, 0.717) is 0 Å². The Morgan fingerprint density at radius 3 is 1.76 bits per heavy atom. The van der Waals surface area contributed by atoms with Gasteiger partial charge in [0.1, 0.15) is 6.17 Å². The number of rotatable bonds is 5. The molecule has 0 aliphatic carbocycles. The number of hydrogen-bond donors (Lipinski definition) is 1. The molecule has 0 spiro atoms. The zero-order valence-electron chi connectivity index (χ0n) is 24.4. The summed E-state index contributed by atoms with van der Waals surface area (Å²) in [6.07, 6.45) is 4.54. The van der Waals surface area contributed by atoms with E-state index in [1.54, 1.807) is 0 Å². The van der Waals surface area contributed by atoms with E-state index >= 15 is 0 Å². The van der Waals surface area contributed by atoms with E-state index in [9.17, 15) is 0 Å². The molecule has 0 amide bonds. The molecule has 0 bridgehead atoms. The molecule has 6 aromatic carbocycles. The number of benzene rings is 6. The summed E-state index contributed by atoms with van der Waals surface area (Å²) in [7, 11) is 0. The monoisotopic (exact) mass is 612 g/mol. The molecule has 4 heteroatoms. The highest BCUT2D eigenvalue weighted by molar-refractivity contribution is 7.25. The van der Waals surface area contributed by atoms with Crippen LogP contribution in [0.3, 0.4) is 0 Å². The summed E-state index contributed by atoms with van der Waals surface area (Å²) in [5.74, 6) is 0. The van der Waals surface area contributed by atoms with Crippen molar-refractivity contribution >= 4 is 76.1 Å². The zero-order chi connectivity index (χ0) is 29.7. The second-order valence-corrected chi connectivity index (χ2v) is 13.6. The van der Waals surface area contributed by atoms with Crippen LogP contribution >= 0.6 is 22.7 Å². The Labute approximate surface area is 270 Å². The molecule has 1 N–H and O–H groups in total. The van der Waals surface area contributed by atoms with E-state index in [-0.39, 0.29) is 6.17 Å². The van der Waals surface area contributed by atoms with Crippen LogP contribution in [0.15, 0.2) is 152 Å². The quantitative estimate of drug-likeness (QED) is 0.208. The van der Waals surface area contributed by atoms with Crippen LogP contribution in [-0.2, 0) is 0 Å². The first-order valence-electron chi connectivity index (χ1n) is 15.2. The molecule has 2 aromatic heterocycles. The number of hydrogen-bond acceptors (Lipinski definition) is 4. The predicted molar refractivity (Wildman–Crippen MR) is 197 cm³/mol. The molecule has 1 aliphatic heterocycles. The van der Waals surface area contributed by atoms with Gasteiger partial charge in [-0.15, -0.1) is 22.7 Å². The fourth-order valence-corrected chi connectivity index (χ4v) is 8.66. The Morgan fingerprint density at radius 2 is 1.02 bits per heavy atom. The highest BCUT2D eigenvalue weighted by Gasteiger charge is 2.25. The first-order valence-corrected chi connectivity index (χ1v) is 16.8. The Morgan fingerprint density at radius 1 is 0.467 bits per heavy atom. The average Bonchev–Trinajstić information content (AvgIpc) is 3.67. The fourth-order valence-electron chi connectivity index (χ4n) is 6.49. The van der Waals surface area contributed by atoms with Crippen molar-refractivity contribution in [3.05, 3.63) is 157 Å². The summed E-state index contributed by atoms with van der Waals surface area (Å²) in [6.45, 7) is 0. The van der Waals surface area contributed by atoms with Gasteiger partial charge in [0.25, 0.3) is 0 Å². The van der Waals surface area contributed by atoms with Crippen LogP contribution in [0.25, 0.3) is 58.6 Å². The Kier molecular flexibility index (Phi) is 6.29. The van der Waals surface area contributed by atoms with Gasteiger partial charge in [0.15, 0.2) is 0 Å². The number of nitrogens with zero attached hydrogens (tertiary/aromatic N) is 1. The Bertz CT molecular complexity index is 2350. The summed E-state index contributed by atoms with van der Waals surface area (Å²) < 4.78 is 3.94. The number of anilines is 3. The molecule has 0 fully saturated rings. The molecule has 1 atom stereocenters. The zero-order valence-corrected chi connectivity index (χ0v) is 26.0. The van der Waals surface area contributed by atoms with Crippen LogP contribution in [0.4, 0.5) is 17.1 Å². The summed E-state index contributed by atoms with van der Waals surface area (Å²) in [6, 6.07) is 52.7. The topological polar surface area (TPSA) is 15.3 Å². The van der Waals surface area contributed by atoms with E-state index in [0.717, 1.165) is 11.4 Å². The lowest BCUT2D eigenvalue weighted by Gasteiger charge is -2.35.